The molecule has 0 unspecified atom stereocenters. The van der Waals surface area contributed by atoms with Gasteiger partial charge in [-0.05, 0) is 30.5 Å². The second kappa shape index (κ2) is 4.39. The molecule has 1 aromatic heterocycles. The second-order valence-electron chi connectivity index (χ2n) is 3.14. The molecule has 5 heteroatoms. The van der Waals surface area contributed by atoms with Gasteiger partial charge in [0.2, 0.25) is 0 Å². The molecule has 0 N–H and O–H groups in total. The van der Waals surface area contributed by atoms with Crippen LogP contribution in [-0.4, -0.2) is 12.6 Å². The molecule has 2 nitrogen and oxygen atoms in total. The Morgan fingerprint density at radius 1 is 1.50 bits per heavy atom. The van der Waals surface area contributed by atoms with Crippen molar-refractivity contribution in [2.45, 2.75) is 6.92 Å². The van der Waals surface area contributed by atoms with Gasteiger partial charge in [-0.15, -0.1) is 11.3 Å². The van der Waals surface area contributed by atoms with E-state index >= 15 is 0 Å². The van der Waals surface area contributed by atoms with E-state index in [1.165, 1.54) is 6.07 Å². The number of rotatable bonds is 2. The average Bonchev–Trinajstić information content (AvgIpc) is 2.62. The van der Waals surface area contributed by atoms with Gasteiger partial charge < -0.3 is 4.74 Å². The van der Waals surface area contributed by atoms with Crippen molar-refractivity contribution in [3.63, 3.8) is 0 Å². The Balaban J connectivity index is 2.51. The highest BCUT2D eigenvalue weighted by Gasteiger charge is 2.13. The number of esters is 1. The van der Waals surface area contributed by atoms with Gasteiger partial charge in [0, 0.05) is 5.02 Å². The van der Waals surface area contributed by atoms with Crippen LogP contribution in [0.15, 0.2) is 18.2 Å². The lowest BCUT2D eigenvalue weighted by molar-refractivity contribution is 0.0532. The van der Waals surface area contributed by atoms with Crippen molar-refractivity contribution in [2.24, 2.45) is 0 Å². The number of ether oxygens (including phenoxy) is 1. The molecule has 84 valence electrons. The molecule has 0 aliphatic rings. The molecule has 0 aliphatic heterocycles. The zero-order valence-corrected chi connectivity index (χ0v) is 9.99. The molecule has 0 amide bonds. The number of carbonyl (C=O) groups excluding carboxylic acids is 1. The van der Waals surface area contributed by atoms with Gasteiger partial charge in [0.15, 0.2) is 0 Å². The average molecular weight is 259 g/mol. The van der Waals surface area contributed by atoms with E-state index in [1.807, 2.05) is 0 Å². The van der Waals surface area contributed by atoms with E-state index < -0.39 is 11.8 Å². The van der Waals surface area contributed by atoms with Crippen molar-refractivity contribution < 1.29 is 13.9 Å². The van der Waals surface area contributed by atoms with E-state index in [-0.39, 0.29) is 0 Å². The summed E-state index contributed by atoms with van der Waals surface area (Å²) in [5.74, 6) is -0.845. The molecule has 0 bridgehead atoms. The van der Waals surface area contributed by atoms with Crippen LogP contribution in [0.25, 0.3) is 10.1 Å². The van der Waals surface area contributed by atoms with Crippen molar-refractivity contribution in [2.75, 3.05) is 6.61 Å². The molecule has 0 saturated carbocycles. The van der Waals surface area contributed by atoms with E-state index in [4.69, 9.17) is 16.3 Å². The van der Waals surface area contributed by atoms with E-state index in [0.717, 1.165) is 11.3 Å². The maximum absolute atomic E-state index is 13.5. The van der Waals surface area contributed by atoms with Crippen LogP contribution in [-0.2, 0) is 4.74 Å². The molecular weight excluding hydrogens is 251 g/mol. The number of carbonyl (C=O) groups is 1. The Hall–Kier alpha value is -1.13. The summed E-state index contributed by atoms with van der Waals surface area (Å²) < 4.78 is 18.8. The minimum Gasteiger partial charge on any atom is -0.462 e. The fraction of sp³-hybridized carbons (Fsp3) is 0.182. The Morgan fingerprint density at radius 2 is 2.25 bits per heavy atom. The van der Waals surface area contributed by atoms with Gasteiger partial charge >= 0.3 is 5.97 Å². The summed E-state index contributed by atoms with van der Waals surface area (Å²) >= 11 is 6.79. The van der Waals surface area contributed by atoms with Gasteiger partial charge in [-0.2, -0.15) is 0 Å². The number of fused-ring (bicyclic) bond motifs is 1. The van der Waals surface area contributed by atoms with Crippen LogP contribution < -0.4 is 0 Å². The Kier molecular flexibility index (Phi) is 3.12. The molecule has 0 spiro atoms. The summed E-state index contributed by atoms with van der Waals surface area (Å²) in [5, 5.41) is 0.941. The van der Waals surface area contributed by atoms with Crippen molar-refractivity contribution >= 4 is 39.0 Å². The van der Waals surface area contributed by atoms with Crippen LogP contribution in [0.1, 0.15) is 16.6 Å². The van der Waals surface area contributed by atoms with Crippen molar-refractivity contribution in [1.82, 2.24) is 0 Å². The first-order valence-electron chi connectivity index (χ1n) is 4.67. The van der Waals surface area contributed by atoms with Crippen molar-refractivity contribution in [3.8, 4) is 0 Å². The SMILES string of the molecule is CCOC(=O)c1cc2cc(Cl)cc(F)c2s1. The summed E-state index contributed by atoms with van der Waals surface area (Å²) in [6.07, 6.45) is 0. The van der Waals surface area contributed by atoms with Gasteiger partial charge in [0.1, 0.15) is 10.7 Å². The van der Waals surface area contributed by atoms with Gasteiger partial charge in [-0.3, -0.25) is 0 Å². The molecule has 1 heterocycles. The Bertz CT molecular complexity index is 550. The Morgan fingerprint density at radius 3 is 2.94 bits per heavy atom. The van der Waals surface area contributed by atoms with Gasteiger partial charge in [-0.1, -0.05) is 11.6 Å². The van der Waals surface area contributed by atoms with E-state index in [9.17, 15) is 9.18 Å². The third kappa shape index (κ3) is 2.03. The first kappa shape index (κ1) is 11.4. The van der Waals surface area contributed by atoms with Gasteiger partial charge in [0.05, 0.1) is 11.3 Å². The predicted octanol–water partition coefficient (Wildman–Crippen LogP) is 3.87. The quantitative estimate of drug-likeness (QED) is 0.765. The minimum absolute atomic E-state index is 0.302. The lowest BCUT2D eigenvalue weighted by Crippen LogP contribution is -2.01. The minimum atomic E-state index is -0.431. The lowest BCUT2D eigenvalue weighted by Gasteiger charge is -1.95. The number of halogens is 2. The van der Waals surface area contributed by atoms with Crippen LogP contribution >= 0.6 is 22.9 Å². The highest BCUT2D eigenvalue weighted by molar-refractivity contribution is 7.20. The highest BCUT2D eigenvalue weighted by Crippen LogP contribution is 2.31. The summed E-state index contributed by atoms with van der Waals surface area (Å²) in [5.41, 5.74) is 0. The number of benzene rings is 1. The lowest BCUT2D eigenvalue weighted by atomic mass is 10.2. The third-order valence-corrected chi connectivity index (χ3v) is 3.37. The third-order valence-electron chi connectivity index (χ3n) is 2.01. The summed E-state index contributed by atoms with van der Waals surface area (Å²) in [4.78, 5) is 11.8. The monoisotopic (exact) mass is 258 g/mol. The highest BCUT2D eigenvalue weighted by atomic mass is 35.5. The second-order valence-corrected chi connectivity index (χ2v) is 4.63. The summed E-state index contributed by atoms with van der Waals surface area (Å²) in [7, 11) is 0. The van der Waals surface area contributed by atoms with Crippen LogP contribution in [0.2, 0.25) is 5.02 Å². The molecule has 0 saturated heterocycles. The number of hydrogen-bond donors (Lipinski definition) is 0. The number of hydrogen-bond acceptors (Lipinski definition) is 3. The fourth-order valence-corrected chi connectivity index (χ4v) is 2.53. The first-order chi connectivity index (χ1) is 7.61. The van der Waals surface area contributed by atoms with Crippen LogP contribution in [0.5, 0.6) is 0 Å². The smallest absolute Gasteiger partial charge is 0.348 e. The largest absolute Gasteiger partial charge is 0.462 e. The number of thiophene rings is 1. The maximum Gasteiger partial charge on any atom is 0.348 e. The molecule has 2 rings (SSSR count). The van der Waals surface area contributed by atoms with Gasteiger partial charge in [-0.25, -0.2) is 9.18 Å². The molecule has 1 aromatic carbocycles. The normalized spacial score (nSPS) is 10.7. The first-order valence-corrected chi connectivity index (χ1v) is 5.87. The standard InChI is InChI=1S/C11H8ClFO2S/c1-2-15-11(14)9-4-6-3-7(12)5-8(13)10(6)16-9/h3-5H,2H2,1H3. The van der Waals surface area contributed by atoms with E-state index in [0.29, 0.717) is 26.6 Å². The fourth-order valence-electron chi connectivity index (χ4n) is 1.38. The topological polar surface area (TPSA) is 26.3 Å². The molecule has 0 fully saturated rings. The summed E-state index contributed by atoms with van der Waals surface area (Å²) in [6.45, 7) is 2.03. The molecule has 0 radical (unpaired) electrons. The van der Waals surface area contributed by atoms with Crippen LogP contribution in [0, 0.1) is 5.82 Å². The van der Waals surface area contributed by atoms with Crippen molar-refractivity contribution in [1.29, 1.82) is 0 Å². The van der Waals surface area contributed by atoms with Crippen molar-refractivity contribution in [3.05, 3.63) is 33.9 Å². The Labute approximate surface area is 101 Å². The molecule has 16 heavy (non-hydrogen) atoms. The molecule has 0 atom stereocenters. The zero-order valence-electron chi connectivity index (χ0n) is 8.42. The molecule has 0 aliphatic carbocycles. The molecule has 2 aromatic rings. The van der Waals surface area contributed by atoms with Gasteiger partial charge in [0.25, 0.3) is 0 Å². The van der Waals surface area contributed by atoms with Crippen LogP contribution in [0.3, 0.4) is 0 Å². The summed E-state index contributed by atoms with van der Waals surface area (Å²) in [6, 6.07) is 4.45. The van der Waals surface area contributed by atoms with Crippen LogP contribution in [0.4, 0.5) is 4.39 Å². The van der Waals surface area contributed by atoms with E-state index in [2.05, 4.69) is 0 Å². The molecular formula is C11H8ClFO2S. The maximum atomic E-state index is 13.5. The zero-order chi connectivity index (χ0) is 11.7. The predicted molar refractivity (Wildman–Crippen MR) is 62.7 cm³/mol. The van der Waals surface area contributed by atoms with E-state index in [1.54, 1.807) is 19.1 Å².